The smallest absolute Gasteiger partial charge is 0.00948 e. The van der Waals surface area contributed by atoms with Gasteiger partial charge in [-0.25, -0.2) is 0 Å². The predicted molar refractivity (Wildman–Crippen MR) is 45.9 cm³/mol. The standard InChI is InChI=1S/C10H14/c1-8(2)10-6-4-5-9(3)7-10/h4-5,7H,6H2,1-3H3. The molecule has 0 aliphatic heterocycles. The van der Waals surface area contributed by atoms with E-state index >= 15 is 0 Å². The van der Waals surface area contributed by atoms with Gasteiger partial charge in [0, 0.05) is 0 Å². The normalized spacial score (nSPS) is 17.1. The molecule has 0 nitrogen and oxygen atoms in total. The zero-order valence-corrected chi connectivity index (χ0v) is 6.94. The highest BCUT2D eigenvalue weighted by Crippen LogP contribution is 2.18. The zero-order valence-electron chi connectivity index (χ0n) is 6.94. The number of hydrogen-bond acceptors (Lipinski definition) is 0. The molecule has 0 spiro atoms. The lowest BCUT2D eigenvalue weighted by molar-refractivity contribution is 1.16. The van der Waals surface area contributed by atoms with Crippen molar-refractivity contribution in [3.05, 3.63) is 34.9 Å². The molecule has 0 radical (unpaired) electrons. The van der Waals surface area contributed by atoms with Gasteiger partial charge >= 0.3 is 0 Å². The maximum Gasteiger partial charge on any atom is -0.00948 e. The van der Waals surface area contributed by atoms with Crippen LogP contribution >= 0.6 is 0 Å². The monoisotopic (exact) mass is 134 g/mol. The molecule has 1 rings (SSSR count). The molecule has 0 heterocycles. The molecule has 0 unspecified atom stereocenters. The summed E-state index contributed by atoms with van der Waals surface area (Å²) in [7, 11) is 0. The van der Waals surface area contributed by atoms with Crippen LogP contribution < -0.4 is 0 Å². The Labute approximate surface area is 62.9 Å². The average molecular weight is 134 g/mol. The summed E-state index contributed by atoms with van der Waals surface area (Å²) < 4.78 is 0. The minimum Gasteiger partial charge on any atom is -0.0799 e. The minimum absolute atomic E-state index is 1.11. The van der Waals surface area contributed by atoms with Gasteiger partial charge in [-0.2, -0.15) is 0 Å². The molecule has 0 heteroatoms. The first kappa shape index (κ1) is 7.33. The quantitative estimate of drug-likeness (QED) is 0.477. The first-order valence-corrected chi connectivity index (χ1v) is 3.71. The van der Waals surface area contributed by atoms with Crippen LogP contribution in [0.15, 0.2) is 34.9 Å². The molecule has 0 saturated heterocycles. The third kappa shape index (κ3) is 1.60. The molecule has 0 aromatic heterocycles. The van der Waals surface area contributed by atoms with Crippen LogP contribution in [0.2, 0.25) is 0 Å². The van der Waals surface area contributed by atoms with E-state index in [2.05, 4.69) is 39.0 Å². The molecule has 0 saturated carbocycles. The number of hydrogen-bond donors (Lipinski definition) is 0. The third-order valence-electron chi connectivity index (χ3n) is 1.76. The van der Waals surface area contributed by atoms with Crippen molar-refractivity contribution in [3.8, 4) is 0 Å². The molecule has 0 aromatic carbocycles. The van der Waals surface area contributed by atoms with E-state index < -0.39 is 0 Å². The van der Waals surface area contributed by atoms with Crippen molar-refractivity contribution in [3.63, 3.8) is 0 Å². The van der Waals surface area contributed by atoms with Crippen LogP contribution in [0.1, 0.15) is 27.2 Å². The van der Waals surface area contributed by atoms with Crippen molar-refractivity contribution in [2.45, 2.75) is 27.2 Å². The Balaban J connectivity index is 2.89. The van der Waals surface area contributed by atoms with Gasteiger partial charge in [-0.3, -0.25) is 0 Å². The maximum atomic E-state index is 2.26. The van der Waals surface area contributed by atoms with E-state index in [4.69, 9.17) is 0 Å². The fourth-order valence-corrected chi connectivity index (χ4v) is 1.10. The lowest BCUT2D eigenvalue weighted by Gasteiger charge is -2.07. The molecular formula is C10H14. The first-order chi connectivity index (χ1) is 4.70. The Bertz CT molecular complexity index is 210. The van der Waals surface area contributed by atoms with Gasteiger partial charge in [0.1, 0.15) is 0 Å². The van der Waals surface area contributed by atoms with Crippen LogP contribution in [-0.2, 0) is 0 Å². The summed E-state index contributed by atoms with van der Waals surface area (Å²) >= 11 is 0. The van der Waals surface area contributed by atoms with Crippen LogP contribution in [0.4, 0.5) is 0 Å². The van der Waals surface area contributed by atoms with Gasteiger partial charge < -0.3 is 0 Å². The van der Waals surface area contributed by atoms with Crippen LogP contribution in [-0.4, -0.2) is 0 Å². The Morgan fingerprint density at radius 2 is 2.10 bits per heavy atom. The van der Waals surface area contributed by atoms with Gasteiger partial charge in [0.2, 0.25) is 0 Å². The van der Waals surface area contributed by atoms with Crippen LogP contribution in [0.3, 0.4) is 0 Å². The Hall–Kier alpha value is -0.780. The molecule has 0 bridgehead atoms. The summed E-state index contributed by atoms with van der Waals surface area (Å²) in [5, 5.41) is 0. The third-order valence-corrected chi connectivity index (χ3v) is 1.76. The Morgan fingerprint density at radius 3 is 2.50 bits per heavy atom. The maximum absolute atomic E-state index is 2.26. The summed E-state index contributed by atoms with van der Waals surface area (Å²) in [6.07, 6.45) is 7.76. The van der Waals surface area contributed by atoms with Crippen molar-refractivity contribution in [1.29, 1.82) is 0 Å². The molecule has 0 aromatic rings. The largest absolute Gasteiger partial charge is 0.0799 e. The van der Waals surface area contributed by atoms with Gasteiger partial charge in [-0.15, -0.1) is 0 Å². The Kier molecular flexibility index (Phi) is 2.10. The van der Waals surface area contributed by atoms with Gasteiger partial charge in [-0.1, -0.05) is 29.4 Å². The summed E-state index contributed by atoms with van der Waals surface area (Å²) in [4.78, 5) is 0. The van der Waals surface area contributed by atoms with Crippen LogP contribution in [0, 0.1) is 0 Å². The van der Waals surface area contributed by atoms with Gasteiger partial charge in [-0.05, 0) is 32.8 Å². The van der Waals surface area contributed by atoms with Crippen molar-refractivity contribution in [2.75, 3.05) is 0 Å². The number of allylic oxidation sites excluding steroid dienone is 6. The van der Waals surface area contributed by atoms with E-state index in [1.165, 1.54) is 16.7 Å². The summed E-state index contributed by atoms with van der Waals surface area (Å²) in [5.74, 6) is 0. The second-order valence-corrected chi connectivity index (χ2v) is 3.02. The van der Waals surface area contributed by atoms with Crippen molar-refractivity contribution >= 4 is 0 Å². The summed E-state index contributed by atoms with van der Waals surface area (Å²) in [6, 6.07) is 0. The molecule has 0 fully saturated rings. The lowest BCUT2D eigenvalue weighted by atomic mass is 9.99. The lowest BCUT2D eigenvalue weighted by Crippen LogP contribution is -1.86. The molecule has 0 amide bonds. The topological polar surface area (TPSA) is 0 Å². The predicted octanol–water partition coefficient (Wildman–Crippen LogP) is 3.23. The van der Waals surface area contributed by atoms with Gasteiger partial charge in [0.15, 0.2) is 0 Å². The second kappa shape index (κ2) is 2.87. The highest BCUT2D eigenvalue weighted by Gasteiger charge is 1.97. The molecular weight excluding hydrogens is 120 g/mol. The molecule has 0 N–H and O–H groups in total. The zero-order chi connectivity index (χ0) is 7.56. The summed E-state index contributed by atoms with van der Waals surface area (Å²) in [5.41, 5.74) is 4.27. The van der Waals surface area contributed by atoms with E-state index in [0.29, 0.717) is 0 Å². The van der Waals surface area contributed by atoms with E-state index in [1.807, 2.05) is 0 Å². The van der Waals surface area contributed by atoms with E-state index in [1.54, 1.807) is 0 Å². The highest BCUT2D eigenvalue weighted by molar-refractivity contribution is 5.37. The molecule has 1 aliphatic rings. The molecule has 0 atom stereocenters. The highest BCUT2D eigenvalue weighted by atomic mass is 14.0. The fourth-order valence-electron chi connectivity index (χ4n) is 1.10. The van der Waals surface area contributed by atoms with Gasteiger partial charge in [0.25, 0.3) is 0 Å². The van der Waals surface area contributed by atoms with E-state index in [0.717, 1.165) is 6.42 Å². The van der Waals surface area contributed by atoms with Crippen LogP contribution in [0.5, 0.6) is 0 Å². The van der Waals surface area contributed by atoms with Crippen molar-refractivity contribution in [1.82, 2.24) is 0 Å². The SMILES string of the molecule is CC1=CC(=C(C)C)CC=C1. The van der Waals surface area contributed by atoms with Crippen LogP contribution in [0.25, 0.3) is 0 Å². The van der Waals surface area contributed by atoms with Crippen molar-refractivity contribution in [2.24, 2.45) is 0 Å². The number of rotatable bonds is 0. The molecule has 54 valence electrons. The second-order valence-electron chi connectivity index (χ2n) is 3.02. The minimum atomic E-state index is 1.11. The molecule has 10 heavy (non-hydrogen) atoms. The van der Waals surface area contributed by atoms with Crippen molar-refractivity contribution < 1.29 is 0 Å². The molecule has 1 aliphatic carbocycles. The first-order valence-electron chi connectivity index (χ1n) is 3.71. The van der Waals surface area contributed by atoms with E-state index in [9.17, 15) is 0 Å². The average Bonchev–Trinajstić information content (AvgIpc) is 1.88. The van der Waals surface area contributed by atoms with Gasteiger partial charge in [0.05, 0.1) is 0 Å². The summed E-state index contributed by atoms with van der Waals surface area (Å²) in [6.45, 7) is 6.47. The Morgan fingerprint density at radius 1 is 1.40 bits per heavy atom. The fraction of sp³-hybridized carbons (Fsp3) is 0.400. The van der Waals surface area contributed by atoms with E-state index in [-0.39, 0.29) is 0 Å².